The van der Waals surface area contributed by atoms with Crippen molar-refractivity contribution in [1.29, 1.82) is 0 Å². The Balaban J connectivity index is 2.06. The van der Waals surface area contributed by atoms with Gasteiger partial charge in [-0.15, -0.1) is 0 Å². The minimum atomic E-state index is -3.12. The van der Waals surface area contributed by atoms with E-state index in [4.69, 9.17) is 5.73 Å². The van der Waals surface area contributed by atoms with E-state index in [1.165, 1.54) is 0 Å². The quantitative estimate of drug-likeness (QED) is 0.569. The normalized spacial score (nSPS) is 15.4. The van der Waals surface area contributed by atoms with Gasteiger partial charge in [-0.3, -0.25) is 9.59 Å². The van der Waals surface area contributed by atoms with Crippen molar-refractivity contribution in [1.82, 2.24) is 5.32 Å². The minimum absolute atomic E-state index is 0.0128. The monoisotopic (exact) mass is 352 g/mol. The Morgan fingerprint density at radius 1 is 1.25 bits per heavy atom. The summed E-state index contributed by atoms with van der Waals surface area (Å²) in [7, 11) is -3.12. The summed E-state index contributed by atoms with van der Waals surface area (Å²) in [5.74, 6) is -0.338. The van der Waals surface area contributed by atoms with E-state index < -0.39 is 9.84 Å². The van der Waals surface area contributed by atoms with Crippen molar-refractivity contribution in [3.63, 3.8) is 0 Å². The molecule has 0 aliphatic heterocycles. The Morgan fingerprint density at radius 2 is 1.92 bits per heavy atom. The van der Waals surface area contributed by atoms with Gasteiger partial charge in [0, 0.05) is 30.0 Å². The Morgan fingerprint density at radius 3 is 2.54 bits per heavy atom. The van der Waals surface area contributed by atoms with Crippen LogP contribution in [0.5, 0.6) is 0 Å². The molecule has 132 valence electrons. The zero-order valence-electron chi connectivity index (χ0n) is 13.9. The number of nitrogens with two attached hydrogens (primary N) is 1. The highest BCUT2D eigenvalue weighted by Gasteiger charge is 2.26. The number of rotatable bonds is 7. The molecule has 1 saturated carbocycles. The molecule has 0 heterocycles. The fourth-order valence-corrected chi connectivity index (χ4v) is 3.47. The molecule has 0 aromatic heterocycles. The number of sulfone groups is 1. The van der Waals surface area contributed by atoms with Gasteiger partial charge in [0.25, 0.3) is 0 Å². The van der Waals surface area contributed by atoms with Crippen molar-refractivity contribution in [3.05, 3.63) is 29.3 Å². The predicted molar refractivity (Wildman–Crippen MR) is 93.6 cm³/mol. The summed E-state index contributed by atoms with van der Waals surface area (Å²) in [6.45, 7) is 0.0680. The number of nitrogens with one attached hydrogen (secondary N) is 1. The molecular weight excluding hydrogens is 328 g/mol. The highest BCUT2D eigenvalue weighted by atomic mass is 32.2. The Bertz CT molecular complexity index is 722. The zero-order valence-corrected chi connectivity index (χ0v) is 14.7. The van der Waals surface area contributed by atoms with Gasteiger partial charge in [0.05, 0.1) is 12.2 Å². The number of anilines is 1. The molecule has 0 unspecified atom stereocenters. The minimum Gasteiger partial charge on any atom is -0.399 e. The second-order valence-electron chi connectivity index (χ2n) is 6.42. The van der Waals surface area contributed by atoms with E-state index in [1.807, 2.05) is 0 Å². The molecule has 0 saturated heterocycles. The first kappa shape index (κ1) is 18.4. The van der Waals surface area contributed by atoms with Gasteiger partial charge in [0.15, 0.2) is 5.78 Å². The second-order valence-corrected chi connectivity index (χ2v) is 8.68. The third-order valence-electron chi connectivity index (χ3n) is 4.27. The largest absolute Gasteiger partial charge is 0.399 e. The molecule has 2 rings (SSSR count). The summed E-state index contributed by atoms with van der Waals surface area (Å²) in [5.41, 5.74) is 7.45. The number of benzene rings is 1. The van der Waals surface area contributed by atoms with Gasteiger partial charge in [-0.2, -0.15) is 0 Å². The van der Waals surface area contributed by atoms with Gasteiger partial charge in [0.2, 0.25) is 5.91 Å². The predicted octanol–water partition coefficient (Wildman–Crippen LogP) is 1.34. The molecule has 1 aromatic rings. The number of nitrogen functional groups attached to an aromatic ring is 1. The van der Waals surface area contributed by atoms with E-state index in [0.29, 0.717) is 16.8 Å². The van der Waals surface area contributed by atoms with Crippen LogP contribution in [-0.2, 0) is 21.1 Å². The van der Waals surface area contributed by atoms with Crippen molar-refractivity contribution < 1.29 is 18.0 Å². The van der Waals surface area contributed by atoms with Crippen LogP contribution in [0.2, 0.25) is 0 Å². The highest BCUT2D eigenvalue weighted by Crippen LogP contribution is 2.29. The summed E-state index contributed by atoms with van der Waals surface area (Å²) in [6, 6.07) is 5.01. The molecule has 7 heteroatoms. The van der Waals surface area contributed by atoms with Crippen LogP contribution >= 0.6 is 0 Å². The van der Waals surface area contributed by atoms with E-state index in [-0.39, 0.29) is 36.3 Å². The number of amides is 1. The lowest BCUT2D eigenvalue weighted by atomic mass is 9.91. The van der Waals surface area contributed by atoms with Crippen LogP contribution in [0.25, 0.3) is 0 Å². The second kappa shape index (κ2) is 7.79. The van der Waals surface area contributed by atoms with Crippen molar-refractivity contribution >= 4 is 27.2 Å². The molecule has 1 amide bonds. The van der Waals surface area contributed by atoms with Crippen molar-refractivity contribution in [2.75, 3.05) is 24.3 Å². The lowest BCUT2D eigenvalue weighted by molar-refractivity contribution is -0.120. The Labute approximate surface area is 142 Å². The molecule has 6 nitrogen and oxygen atoms in total. The highest BCUT2D eigenvalue weighted by molar-refractivity contribution is 7.90. The van der Waals surface area contributed by atoms with E-state index in [0.717, 1.165) is 31.9 Å². The van der Waals surface area contributed by atoms with Crippen LogP contribution in [0, 0.1) is 5.92 Å². The van der Waals surface area contributed by atoms with Crippen LogP contribution in [0.4, 0.5) is 5.69 Å². The van der Waals surface area contributed by atoms with E-state index in [9.17, 15) is 18.0 Å². The summed E-state index contributed by atoms with van der Waals surface area (Å²) in [4.78, 5) is 24.7. The molecule has 0 atom stereocenters. The zero-order chi connectivity index (χ0) is 17.7. The number of ketones is 1. The molecule has 1 aliphatic carbocycles. The molecular formula is C17H24N2O4S. The average molecular weight is 352 g/mol. The topological polar surface area (TPSA) is 106 Å². The van der Waals surface area contributed by atoms with Crippen molar-refractivity contribution in [2.45, 2.75) is 32.1 Å². The number of carbonyl (C=O) groups excluding carboxylic acids is 2. The van der Waals surface area contributed by atoms with Crippen LogP contribution in [-0.4, -0.2) is 38.7 Å². The molecule has 1 fully saturated rings. The van der Waals surface area contributed by atoms with Gasteiger partial charge < -0.3 is 11.1 Å². The van der Waals surface area contributed by atoms with Crippen molar-refractivity contribution in [3.8, 4) is 0 Å². The van der Waals surface area contributed by atoms with Crippen LogP contribution in [0.3, 0.4) is 0 Å². The summed E-state index contributed by atoms with van der Waals surface area (Å²) in [5, 5.41) is 2.58. The first-order valence-electron chi connectivity index (χ1n) is 8.13. The van der Waals surface area contributed by atoms with Crippen LogP contribution < -0.4 is 11.1 Å². The summed E-state index contributed by atoms with van der Waals surface area (Å²) in [6.07, 6.45) is 5.04. The Hall–Kier alpha value is -1.89. The number of hydrogen-bond donors (Lipinski definition) is 2. The van der Waals surface area contributed by atoms with E-state index in [1.54, 1.807) is 18.2 Å². The van der Waals surface area contributed by atoms with Crippen molar-refractivity contribution in [2.24, 2.45) is 5.92 Å². The van der Waals surface area contributed by atoms with Gasteiger partial charge in [-0.25, -0.2) is 8.42 Å². The van der Waals surface area contributed by atoms with Gasteiger partial charge in [-0.05, 0) is 30.5 Å². The summed E-state index contributed by atoms with van der Waals surface area (Å²) >= 11 is 0. The average Bonchev–Trinajstić information content (AvgIpc) is 3.01. The first-order chi connectivity index (χ1) is 11.3. The molecule has 1 aromatic carbocycles. The van der Waals surface area contributed by atoms with Gasteiger partial charge >= 0.3 is 0 Å². The first-order valence-corrected chi connectivity index (χ1v) is 10.2. The maximum Gasteiger partial charge on any atom is 0.224 e. The molecule has 3 N–H and O–H groups in total. The van der Waals surface area contributed by atoms with E-state index in [2.05, 4.69) is 5.32 Å². The fraction of sp³-hybridized carbons (Fsp3) is 0.529. The number of Topliss-reactive ketones (excluding diaryl/α,β-unsaturated/α-hetero) is 1. The van der Waals surface area contributed by atoms with Gasteiger partial charge in [0.1, 0.15) is 9.84 Å². The molecule has 24 heavy (non-hydrogen) atoms. The van der Waals surface area contributed by atoms with E-state index >= 15 is 0 Å². The third kappa shape index (κ3) is 5.33. The Kier molecular flexibility index (Phi) is 5.99. The summed E-state index contributed by atoms with van der Waals surface area (Å²) < 4.78 is 22.2. The molecule has 0 bridgehead atoms. The SMILES string of the molecule is CS(=O)(=O)CCNC(=O)Cc1ccc(N)cc1C(=O)C1CCCC1. The molecule has 0 spiro atoms. The maximum atomic E-state index is 12.7. The third-order valence-corrected chi connectivity index (χ3v) is 5.22. The maximum absolute atomic E-state index is 12.7. The standard InChI is InChI=1S/C17H24N2O4S/c1-24(22,23)9-8-19-16(20)10-13-6-7-14(18)11-15(13)17(21)12-4-2-3-5-12/h6-7,11-12H,2-5,8-10,18H2,1H3,(H,19,20). The lowest BCUT2D eigenvalue weighted by Gasteiger charge is -2.13. The van der Waals surface area contributed by atoms with Crippen LogP contribution in [0.15, 0.2) is 18.2 Å². The molecule has 1 aliphatic rings. The number of carbonyl (C=O) groups is 2. The van der Waals surface area contributed by atoms with Crippen LogP contribution in [0.1, 0.15) is 41.6 Å². The number of hydrogen-bond acceptors (Lipinski definition) is 5. The fourth-order valence-electron chi connectivity index (χ4n) is 3.00. The molecule has 0 radical (unpaired) electrons. The lowest BCUT2D eigenvalue weighted by Crippen LogP contribution is -2.30. The smallest absolute Gasteiger partial charge is 0.224 e. The van der Waals surface area contributed by atoms with Gasteiger partial charge in [-0.1, -0.05) is 18.9 Å².